The summed E-state index contributed by atoms with van der Waals surface area (Å²) in [5.74, 6) is 5.40. The van der Waals surface area contributed by atoms with Crippen LogP contribution in [0, 0.1) is 5.82 Å². The van der Waals surface area contributed by atoms with Gasteiger partial charge in [0.2, 0.25) is 5.95 Å². The van der Waals surface area contributed by atoms with E-state index >= 15 is 0 Å². The molecule has 7 heteroatoms. The number of aromatic nitrogens is 3. The maximum Gasteiger partial charge on any atom is 0.292 e. The van der Waals surface area contributed by atoms with Crippen molar-refractivity contribution in [2.75, 3.05) is 17.7 Å². The molecule has 0 saturated carbocycles. The van der Waals surface area contributed by atoms with Gasteiger partial charge < -0.3 is 11.2 Å². The van der Waals surface area contributed by atoms with E-state index in [4.69, 9.17) is 5.84 Å². The predicted molar refractivity (Wildman–Crippen MR) is 65.0 cm³/mol. The number of nitrogens with one attached hydrogen (secondary N) is 1. The highest BCUT2D eigenvalue weighted by Gasteiger charge is 2.01. The summed E-state index contributed by atoms with van der Waals surface area (Å²) in [5.41, 5.74) is 0.535. The molecule has 0 aliphatic heterocycles. The minimum atomic E-state index is -0.436. The third-order valence-electron chi connectivity index (χ3n) is 2.40. The van der Waals surface area contributed by atoms with Gasteiger partial charge in [-0.1, -0.05) is 12.1 Å². The van der Waals surface area contributed by atoms with Gasteiger partial charge in [0.25, 0.3) is 5.56 Å². The van der Waals surface area contributed by atoms with Crippen molar-refractivity contribution >= 4 is 5.95 Å². The molecule has 94 valence electrons. The van der Waals surface area contributed by atoms with Gasteiger partial charge in [-0.3, -0.25) is 4.79 Å². The summed E-state index contributed by atoms with van der Waals surface area (Å²) in [7, 11) is 0. The second-order valence-electron chi connectivity index (χ2n) is 3.68. The molecule has 3 N–H and O–H groups in total. The third-order valence-corrected chi connectivity index (χ3v) is 2.40. The first-order valence-corrected chi connectivity index (χ1v) is 5.35. The first-order valence-electron chi connectivity index (χ1n) is 5.35. The zero-order valence-corrected chi connectivity index (χ0v) is 9.51. The Morgan fingerprint density at radius 3 is 2.78 bits per heavy atom. The molecule has 0 amide bonds. The minimum Gasteiger partial charge on any atom is -0.353 e. The highest BCUT2D eigenvalue weighted by molar-refractivity contribution is 5.24. The molecule has 18 heavy (non-hydrogen) atoms. The van der Waals surface area contributed by atoms with Gasteiger partial charge in [-0.2, -0.15) is 4.68 Å². The maximum absolute atomic E-state index is 12.7. The van der Waals surface area contributed by atoms with Gasteiger partial charge >= 0.3 is 0 Å². The van der Waals surface area contributed by atoms with Crippen molar-refractivity contribution in [2.24, 2.45) is 0 Å². The Hall–Kier alpha value is -2.44. The number of nitrogen functional groups attached to an aromatic ring is 1. The van der Waals surface area contributed by atoms with E-state index in [0.717, 1.165) is 16.4 Å². The van der Waals surface area contributed by atoms with Crippen molar-refractivity contribution in [3.8, 4) is 0 Å². The van der Waals surface area contributed by atoms with Crippen molar-refractivity contribution in [3.63, 3.8) is 0 Å². The van der Waals surface area contributed by atoms with Gasteiger partial charge in [0.1, 0.15) is 12.0 Å². The average molecular weight is 249 g/mol. The van der Waals surface area contributed by atoms with Crippen LogP contribution in [0.2, 0.25) is 0 Å². The molecule has 1 heterocycles. The van der Waals surface area contributed by atoms with E-state index in [9.17, 15) is 9.18 Å². The molecule has 0 spiro atoms. The van der Waals surface area contributed by atoms with Crippen molar-refractivity contribution in [1.29, 1.82) is 0 Å². The molecule has 0 saturated heterocycles. The number of hydrogen-bond donors (Lipinski definition) is 2. The first kappa shape index (κ1) is 12.0. The predicted octanol–water partition coefficient (Wildman–Crippen LogP) is 0.146. The molecule has 1 aromatic heterocycles. The fourth-order valence-corrected chi connectivity index (χ4v) is 1.44. The lowest BCUT2D eigenvalue weighted by atomic mass is 10.1. The fourth-order valence-electron chi connectivity index (χ4n) is 1.44. The molecular formula is C11H12FN5O. The number of nitrogens with two attached hydrogens (primary N) is 1. The molecule has 0 aliphatic rings. The number of nitrogens with zero attached hydrogens (tertiary/aromatic N) is 3. The summed E-state index contributed by atoms with van der Waals surface area (Å²) in [6.07, 6.45) is 1.69. The van der Waals surface area contributed by atoms with E-state index in [0.29, 0.717) is 13.0 Å². The van der Waals surface area contributed by atoms with Gasteiger partial charge in [-0.15, -0.1) is 10.2 Å². The molecular weight excluding hydrogens is 237 g/mol. The van der Waals surface area contributed by atoms with Crippen LogP contribution in [-0.4, -0.2) is 21.4 Å². The zero-order chi connectivity index (χ0) is 13.0. The lowest BCUT2D eigenvalue weighted by molar-refractivity contribution is 0.627. The van der Waals surface area contributed by atoms with Crippen LogP contribution in [0.4, 0.5) is 10.3 Å². The molecule has 6 nitrogen and oxygen atoms in total. The number of anilines is 1. The van der Waals surface area contributed by atoms with Gasteiger partial charge in [-0.05, 0) is 24.1 Å². The fraction of sp³-hybridized carbons (Fsp3) is 0.182. The van der Waals surface area contributed by atoms with Gasteiger partial charge in [0, 0.05) is 6.54 Å². The molecule has 0 atom stereocenters. The normalized spacial score (nSPS) is 10.3. The Bertz CT molecular complexity index is 581. The van der Waals surface area contributed by atoms with Crippen LogP contribution in [0.25, 0.3) is 0 Å². The van der Waals surface area contributed by atoms with Crippen LogP contribution in [0.1, 0.15) is 5.56 Å². The summed E-state index contributed by atoms with van der Waals surface area (Å²) in [6, 6.07) is 6.19. The summed E-state index contributed by atoms with van der Waals surface area (Å²) in [5, 5.41) is 10.1. The summed E-state index contributed by atoms with van der Waals surface area (Å²) in [6.45, 7) is 0.515. The summed E-state index contributed by atoms with van der Waals surface area (Å²) >= 11 is 0. The molecule has 0 unspecified atom stereocenters. The van der Waals surface area contributed by atoms with Crippen LogP contribution < -0.4 is 16.7 Å². The third kappa shape index (κ3) is 2.82. The van der Waals surface area contributed by atoms with E-state index in [1.54, 1.807) is 12.1 Å². The highest BCUT2D eigenvalue weighted by atomic mass is 19.1. The highest BCUT2D eigenvalue weighted by Crippen LogP contribution is 2.03. The van der Waals surface area contributed by atoms with Crippen molar-refractivity contribution < 1.29 is 4.39 Å². The van der Waals surface area contributed by atoms with Crippen LogP contribution >= 0.6 is 0 Å². The van der Waals surface area contributed by atoms with E-state index in [1.165, 1.54) is 12.1 Å². The van der Waals surface area contributed by atoms with Crippen molar-refractivity contribution in [1.82, 2.24) is 14.9 Å². The topological polar surface area (TPSA) is 85.8 Å². The maximum atomic E-state index is 12.7. The number of halogens is 1. The lowest BCUT2D eigenvalue weighted by Gasteiger charge is -2.07. The molecule has 0 bridgehead atoms. The second-order valence-corrected chi connectivity index (χ2v) is 3.68. The monoisotopic (exact) mass is 249 g/mol. The molecule has 2 aromatic rings. The average Bonchev–Trinajstić information content (AvgIpc) is 2.37. The van der Waals surface area contributed by atoms with Crippen LogP contribution in [0.3, 0.4) is 0 Å². The smallest absolute Gasteiger partial charge is 0.292 e. The van der Waals surface area contributed by atoms with Crippen molar-refractivity contribution in [2.45, 2.75) is 6.42 Å². The standard InChI is InChI=1S/C11H12FN5O/c12-9-3-1-8(2-4-9)5-6-14-11-16-15-7-10(18)17(11)13/h1-4,7H,5-6,13H2,(H,14,16). The second kappa shape index (κ2) is 5.26. The quantitative estimate of drug-likeness (QED) is 0.753. The molecule has 0 radical (unpaired) electrons. The van der Waals surface area contributed by atoms with Crippen LogP contribution in [-0.2, 0) is 6.42 Å². The van der Waals surface area contributed by atoms with Crippen LogP contribution in [0.5, 0.6) is 0 Å². The van der Waals surface area contributed by atoms with Crippen molar-refractivity contribution in [3.05, 3.63) is 52.2 Å². The Morgan fingerprint density at radius 1 is 1.33 bits per heavy atom. The molecule has 0 aliphatic carbocycles. The summed E-state index contributed by atoms with van der Waals surface area (Å²) < 4.78 is 13.6. The minimum absolute atomic E-state index is 0.199. The summed E-state index contributed by atoms with van der Waals surface area (Å²) in [4.78, 5) is 11.2. The number of hydrogen-bond acceptors (Lipinski definition) is 5. The van der Waals surface area contributed by atoms with Gasteiger partial charge in [0.15, 0.2) is 0 Å². The SMILES string of the molecule is Nn1c(NCCc2ccc(F)cc2)nncc1=O. The first-order chi connectivity index (χ1) is 8.66. The van der Waals surface area contributed by atoms with E-state index < -0.39 is 5.56 Å². The Kier molecular flexibility index (Phi) is 3.52. The molecule has 0 fully saturated rings. The number of benzene rings is 1. The lowest BCUT2D eigenvalue weighted by Crippen LogP contribution is -2.31. The Morgan fingerprint density at radius 2 is 2.06 bits per heavy atom. The van der Waals surface area contributed by atoms with Gasteiger partial charge in [-0.25, -0.2) is 4.39 Å². The molecule has 1 aromatic carbocycles. The van der Waals surface area contributed by atoms with E-state index in [-0.39, 0.29) is 11.8 Å². The Labute approximate surface area is 102 Å². The zero-order valence-electron chi connectivity index (χ0n) is 9.51. The van der Waals surface area contributed by atoms with E-state index in [1.807, 2.05) is 0 Å². The van der Waals surface area contributed by atoms with Gasteiger partial charge in [0.05, 0.1) is 0 Å². The largest absolute Gasteiger partial charge is 0.353 e. The van der Waals surface area contributed by atoms with Crippen LogP contribution in [0.15, 0.2) is 35.3 Å². The van der Waals surface area contributed by atoms with E-state index in [2.05, 4.69) is 15.5 Å². The Balaban J connectivity index is 1.94. The number of rotatable bonds is 4. The molecule has 2 rings (SSSR count).